The van der Waals surface area contributed by atoms with E-state index in [9.17, 15) is 0 Å². The highest BCUT2D eigenvalue weighted by molar-refractivity contribution is 5.18. The van der Waals surface area contributed by atoms with Crippen LogP contribution in [0, 0.1) is 0 Å². The fraction of sp³-hybridized carbons (Fsp3) is 0.615. The Hall–Kier alpha value is -0.930. The maximum atomic E-state index is 6.03. The number of nitrogens with two attached hydrogens (primary N) is 1. The van der Waals surface area contributed by atoms with E-state index in [1.807, 2.05) is 12.3 Å². The van der Waals surface area contributed by atoms with E-state index < -0.39 is 0 Å². The molecule has 1 aliphatic heterocycles. The summed E-state index contributed by atoms with van der Waals surface area (Å²) in [4.78, 5) is 6.90. The molecule has 0 bridgehead atoms. The molecule has 2 rings (SSSR count). The zero-order valence-electron chi connectivity index (χ0n) is 10.0. The van der Waals surface area contributed by atoms with Crippen molar-refractivity contribution in [1.29, 1.82) is 0 Å². The van der Waals surface area contributed by atoms with Crippen molar-refractivity contribution in [2.45, 2.75) is 24.7 Å². The summed E-state index contributed by atoms with van der Waals surface area (Å²) in [7, 11) is 2.19. The summed E-state index contributed by atoms with van der Waals surface area (Å²) >= 11 is 0. The highest BCUT2D eigenvalue weighted by Crippen LogP contribution is 2.32. The number of nitrogens with zero attached hydrogens (tertiary/aromatic N) is 2. The summed E-state index contributed by atoms with van der Waals surface area (Å²) in [5.41, 5.74) is 7.30. The quantitative estimate of drug-likeness (QED) is 0.817. The zero-order valence-corrected chi connectivity index (χ0v) is 10.0. The molecule has 3 nitrogen and oxygen atoms in total. The van der Waals surface area contributed by atoms with Gasteiger partial charge in [-0.05, 0) is 51.5 Å². The van der Waals surface area contributed by atoms with Crippen LogP contribution < -0.4 is 5.73 Å². The molecule has 88 valence electrons. The van der Waals surface area contributed by atoms with Gasteiger partial charge in [0.25, 0.3) is 0 Å². The Morgan fingerprint density at radius 2 is 2.25 bits per heavy atom. The molecule has 2 heterocycles. The second-order valence-corrected chi connectivity index (χ2v) is 4.86. The van der Waals surface area contributed by atoms with E-state index in [4.69, 9.17) is 5.73 Å². The van der Waals surface area contributed by atoms with Crippen LogP contribution in [0.4, 0.5) is 0 Å². The Kier molecular flexibility index (Phi) is 3.56. The van der Waals surface area contributed by atoms with Gasteiger partial charge in [0.2, 0.25) is 0 Å². The minimum Gasteiger partial charge on any atom is -0.330 e. The first-order valence-corrected chi connectivity index (χ1v) is 6.07. The average Bonchev–Trinajstić information content (AvgIpc) is 2.53. The van der Waals surface area contributed by atoms with Crippen LogP contribution in [-0.2, 0) is 5.41 Å². The molecular formula is C13H21N3. The third-order valence-electron chi connectivity index (χ3n) is 3.77. The number of pyridine rings is 1. The Morgan fingerprint density at radius 3 is 2.94 bits per heavy atom. The molecule has 1 unspecified atom stereocenters. The van der Waals surface area contributed by atoms with Crippen molar-refractivity contribution >= 4 is 0 Å². The lowest BCUT2D eigenvalue weighted by atomic mass is 9.77. The number of aromatic nitrogens is 1. The van der Waals surface area contributed by atoms with Gasteiger partial charge in [-0.1, -0.05) is 6.07 Å². The molecule has 2 N–H and O–H groups in total. The van der Waals surface area contributed by atoms with Crippen LogP contribution in [-0.4, -0.2) is 36.6 Å². The van der Waals surface area contributed by atoms with Gasteiger partial charge in [0.05, 0.1) is 0 Å². The molecule has 0 radical (unpaired) electrons. The Bertz CT molecular complexity index is 325. The Morgan fingerprint density at radius 1 is 1.38 bits per heavy atom. The fourth-order valence-electron chi connectivity index (χ4n) is 2.57. The van der Waals surface area contributed by atoms with E-state index >= 15 is 0 Å². The maximum absolute atomic E-state index is 6.03. The average molecular weight is 219 g/mol. The van der Waals surface area contributed by atoms with Crippen molar-refractivity contribution < 1.29 is 0 Å². The third kappa shape index (κ3) is 2.25. The summed E-state index contributed by atoms with van der Waals surface area (Å²) in [5.74, 6) is 0. The molecule has 1 aliphatic rings. The summed E-state index contributed by atoms with van der Waals surface area (Å²) in [6.07, 6.45) is 5.37. The first kappa shape index (κ1) is 11.6. The Balaban J connectivity index is 2.25. The van der Waals surface area contributed by atoms with Crippen LogP contribution in [0.2, 0.25) is 0 Å². The van der Waals surface area contributed by atoms with Crippen molar-refractivity contribution in [3.05, 3.63) is 30.1 Å². The third-order valence-corrected chi connectivity index (χ3v) is 3.77. The first-order chi connectivity index (χ1) is 7.77. The Labute approximate surface area is 97.7 Å². The van der Waals surface area contributed by atoms with E-state index in [1.54, 1.807) is 0 Å². The van der Waals surface area contributed by atoms with Gasteiger partial charge < -0.3 is 10.6 Å². The smallest absolute Gasteiger partial charge is 0.0478 e. The van der Waals surface area contributed by atoms with Crippen LogP contribution >= 0.6 is 0 Å². The minimum atomic E-state index is 0.103. The van der Waals surface area contributed by atoms with Crippen LogP contribution in [0.25, 0.3) is 0 Å². The SMILES string of the molecule is CN1CCCC(CN)(c2ccccn2)CC1. The number of rotatable bonds is 2. The molecule has 0 aliphatic carbocycles. The molecule has 16 heavy (non-hydrogen) atoms. The lowest BCUT2D eigenvalue weighted by Crippen LogP contribution is -2.37. The summed E-state index contributed by atoms with van der Waals surface area (Å²) in [6, 6.07) is 6.16. The van der Waals surface area contributed by atoms with Crippen molar-refractivity contribution in [3.63, 3.8) is 0 Å². The van der Waals surface area contributed by atoms with Crippen molar-refractivity contribution in [1.82, 2.24) is 9.88 Å². The number of hydrogen-bond acceptors (Lipinski definition) is 3. The van der Waals surface area contributed by atoms with E-state index in [0.717, 1.165) is 19.4 Å². The highest BCUT2D eigenvalue weighted by Gasteiger charge is 2.33. The molecule has 1 aromatic heterocycles. The second kappa shape index (κ2) is 4.93. The second-order valence-electron chi connectivity index (χ2n) is 4.86. The van der Waals surface area contributed by atoms with Crippen LogP contribution in [0.5, 0.6) is 0 Å². The fourth-order valence-corrected chi connectivity index (χ4v) is 2.57. The largest absolute Gasteiger partial charge is 0.330 e. The van der Waals surface area contributed by atoms with E-state index in [0.29, 0.717) is 6.54 Å². The maximum Gasteiger partial charge on any atom is 0.0478 e. The van der Waals surface area contributed by atoms with Gasteiger partial charge in [-0.25, -0.2) is 0 Å². The molecule has 1 atom stereocenters. The van der Waals surface area contributed by atoms with Gasteiger partial charge >= 0.3 is 0 Å². The van der Waals surface area contributed by atoms with Crippen molar-refractivity contribution in [3.8, 4) is 0 Å². The number of likely N-dealkylation sites (tertiary alicyclic amines) is 1. The standard InChI is InChI=1S/C13H21N3/c1-16-9-4-6-13(11-14,7-10-16)12-5-2-3-8-15-12/h2-3,5,8H,4,6-7,9-11,14H2,1H3. The molecule has 0 aromatic carbocycles. The molecular weight excluding hydrogens is 198 g/mol. The van der Waals surface area contributed by atoms with Gasteiger partial charge in [0.1, 0.15) is 0 Å². The van der Waals surface area contributed by atoms with Gasteiger partial charge in [-0.2, -0.15) is 0 Å². The zero-order chi connectivity index (χ0) is 11.4. The molecule has 1 aromatic rings. The lowest BCUT2D eigenvalue weighted by molar-refractivity contribution is 0.326. The molecule has 0 saturated carbocycles. The van der Waals surface area contributed by atoms with Crippen molar-refractivity contribution in [2.75, 3.05) is 26.7 Å². The predicted molar refractivity (Wildman–Crippen MR) is 66.3 cm³/mol. The molecule has 1 fully saturated rings. The monoisotopic (exact) mass is 219 g/mol. The van der Waals surface area contributed by atoms with E-state index in [2.05, 4.69) is 29.1 Å². The van der Waals surface area contributed by atoms with E-state index in [1.165, 1.54) is 18.7 Å². The summed E-state index contributed by atoms with van der Waals surface area (Å²) in [6.45, 7) is 3.00. The lowest BCUT2D eigenvalue weighted by Gasteiger charge is -2.30. The van der Waals surface area contributed by atoms with Crippen LogP contribution in [0.15, 0.2) is 24.4 Å². The molecule has 0 spiro atoms. The van der Waals surface area contributed by atoms with Gasteiger partial charge in [-0.15, -0.1) is 0 Å². The van der Waals surface area contributed by atoms with Gasteiger partial charge in [-0.3, -0.25) is 4.98 Å². The minimum absolute atomic E-state index is 0.103. The number of hydrogen-bond donors (Lipinski definition) is 1. The summed E-state index contributed by atoms with van der Waals surface area (Å²) < 4.78 is 0. The summed E-state index contributed by atoms with van der Waals surface area (Å²) in [5, 5.41) is 0. The normalized spacial score (nSPS) is 27.6. The molecule has 3 heteroatoms. The van der Waals surface area contributed by atoms with Gasteiger partial charge in [0, 0.05) is 23.9 Å². The van der Waals surface area contributed by atoms with E-state index in [-0.39, 0.29) is 5.41 Å². The molecule has 0 amide bonds. The van der Waals surface area contributed by atoms with Gasteiger partial charge in [0.15, 0.2) is 0 Å². The van der Waals surface area contributed by atoms with Crippen LogP contribution in [0.3, 0.4) is 0 Å². The first-order valence-electron chi connectivity index (χ1n) is 6.07. The predicted octanol–water partition coefficient (Wildman–Crippen LogP) is 1.39. The van der Waals surface area contributed by atoms with Crippen LogP contribution in [0.1, 0.15) is 25.0 Å². The molecule has 1 saturated heterocycles. The highest BCUT2D eigenvalue weighted by atomic mass is 15.1. The topological polar surface area (TPSA) is 42.1 Å². The van der Waals surface area contributed by atoms with Crippen molar-refractivity contribution in [2.24, 2.45) is 5.73 Å².